The fraction of sp³-hybridized carbons (Fsp3) is 0.429. The van der Waals surface area contributed by atoms with Gasteiger partial charge in [-0.2, -0.15) is 0 Å². The van der Waals surface area contributed by atoms with Gasteiger partial charge in [0.1, 0.15) is 9.88 Å². The highest BCUT2D eigenvalue weighted by Gasteiger charge is 2.30. The van der Waals surface area contributed by atoms with Crippen LogP contribution in [0.2, 0.25) is 5.02 Å². The molecule has 0 spiro atoms. The normalized spacial score (nSPS) is 16.2. The van der Waals surface area contributed by atoms with E-state index in [1.165, 1.54) is 22.4 Å². The molecule has 2 amide bonds. The number of carbonyl (C=O) groups is 3. The van der Waals surface area contributed by atoms with Crippen molar-refractivity contribution >= 4 is 40.7 Å². The zero-order chi connectivity index (χ0) is 21.7. The number of benzene rings is 1. The number of carbonyl (C=O) groups excluding carboxylic acids is 3. The van der Waals surface area contributed by atoms with Crippen LogP contribution in [0.4, 0.5) is 0 Å². The summed E-state index contributed by atoms with van der Waals surface area (Å²) in [5.41, 5.74) is 0.764. The van der Waals surface area contributed by atoms with E-state index in [2.05, 4.69) is 4.98 Å². The van der Waals surface area contributed by atoms with E-state index in [0.29, 0.717) is 41.0 Å². The molecule has 2 heterocycles. The third-order valence-electron chi connectivity index (χ3n) is 4.93. The first kappa shape index (κ1) is 22.2. The lowest BCUT2D eigenvalue weighted by atomic mass is 9.98. The number of piperidine rings is 1. The molecule has 7 nitrogen and oxygen atoms in total. The fourth-order valence-corrected chi connectivity index (χ4v) is 4.58. The van der Waals surface area contributed by atoms with Gasteiger partial charge >= 0.3 is 5.97 Å². The summed E-state index contributed by atoms with van der Waals surface area (Å²) in [6.07, 6.45) is 2.95. The SMILES string of the molecule is CCOC(=O)C1CCCN(C(=O)CN(C)C(=O)c2cnc(-c3ccccc3Cl)s2)C1. The van der Waals surface area contributed by atoms with Gasteiger partial charge in [0.05, 0.1) is 30.3 Å². The Kier molecular flexibility index (Phi) is 7.44. The van der Waals surface area contributed by atoms with Gasteiger partial charge in [-0.15, -0.1) is 11.3 Å². The summed E-state index contributed by atoms with van der Waals surface area (Å²) in [5.74, 6) is -1.03. The van der Waals surface area contributed by atoms with E-state index in [1.807, 2.05) is 18.2 Å². The van der Waals surface area contributed by atoms with Gasteiger partial charge in [0.2, 0.25) is 5.91 Å². The molecule has 1 saturated heterocycles. The fourth-order valence-electron chi connectivity index (χ4n) is 3.35. The molecule has 1 aliphatic heterocycles. The van der Waals surface area contributed by atoms with Gasteiger partial charge in [0.15, 0.2) is 0 Å². The van der Waals surface area contributed by atoms with Crippen molar-refractivity contribution in [1.82, 2.24) is 14.8 Å². The number of esters is 1. The third kappa shape index (κ3) is 5.17. The van der Waals surface area contributed by atoms with Gasteiger partial charge in [-0.05, 0) is 25.8 Å². The predicted octanol–water partition coefficient (Wildman–Crippen LogP) is 3.34. The zero-order valence-electron chi connectivity index (χ0n) is 17.0. The number of rotatable bonds is 6. The summed E-state index contributed by atoms with van der Waals surface area (Å²) in [7, 11) is 1.59. The monoisotopic (exact) mass is 449 g/mol. The quantitative estimate of drug-likeness (QED) is 0.632. The Morgan fingerprint density at radius 2 is 2.10 bits per heavy atom. The summed E-state index contributed by atoms with van der Waals surface area (Å²) in [6.45, 7) is 2.94. The maximum Gasteiger partial charge on any atom is 0.310 e. The Labute approximate surface area is 184 Å². The Hall–Kier alpha value is -2.45. The molecule has 1 aliphatic rings. The number of halogens is 1. The molecule has 0 saturated carbocycles. The predicted molar refractivity (Wildman–Crippen MR) is 115 cm³/mol. The Morgan fingerprint density at radius 3 is 2.83 bits per heavy atom. The van der Waals surface area contributed by atoms with Gasteiger partial charge in [-0.1, -0.05) is 29.8 Å². The summed E-state index contributed by atoms with van der Waals surface area (Å²) in [6, 6.07) is 7.31. The summed E-state index contributed by atoms with van der Waals surface area (Å²) < 4.78 is 5.08. The first-order valence-corrected chi connectivity index (χ1v) is 11.0. The average Bonchev–Trinajstić information content (AvgIpc) is 3.23. The standard InChI is InChI=1S/C21H24ClN3O4S/c1-3-29-21(28)14-7-6-10-25(12-14)18(26)13-24(2)20(27)17-11-23-19(30-17)15-8-4-5-9-16(15)22/h4-5,8-9,11,14H,3,6-7,10,12-13H2,1-2H3. The number of amides is 2. The largest absolute Gasteiger partial charge is 0.466 e. The Bertz CT molecular complexity index is 932. The van der Waals surface area contributed by atoms with Gasteiger partial charge in [0.25, 0.3) is 5.91 Å². The Balaban J connectivity index is 1.61. The average molecular weight is 450 g/mol. The second-order valence-electron chi connectivity index (χ2n) is 7.10. The van der Waals surface area contributed by atoms with E-state index >= 15 is 0 Å². The van der Waals surface area contributed by atoms with Crippen LogP contribution in [0.25, 0.3) is 10.6 Å². The molecule has 1 atom stereocenters. The number of nitrogens with zero attached hydrogens (tertiary/aromatic N) is 3. The van der Waals surface area contributed by atoms with Crippen molar-refractivity contribution in [2.75, 3.05) is 33.3 Å². The molecule has 1 unspecified atom stereocenters. The second kappa shape index (κ2) is 10.0. The van der Waals surface area contributed by atoms with Crippen LogP contribution < -0.4 is 0 Å². The number of hydrogen-bond donors (Lipinski definition) is 0. The van der Waals surface area contributed by atoms with Crippen molar-refractivity contribution in [2.24, 2.45) is 5.92 Å². The van der Waals surface area contributed by atoms with Gasteiger partial charge < -0.3 is 14.5 Å². The minimum Gasteiger partial charge on any atom is -0.466 e. The van der Waals surface area contributed by atoms with Crippen LogP contribution in [0, 0.1) is 5.92 Å². The molecule has 30 heavy (non-hydrogen) atoms. The maximum atomic E-state index is 12.8. The zero-order valence-corrected chi connectivity index (χ0v) is 18.5. The molecule has 3 rings (SSSR count). The van der Waals surface area contributed by atoms with E-state index in [0.717, 1.165) is 12.0 Å². The van der Waals surface area contributed by atoms with E-state index in [4.69, 9.17) is 16.3 Å². The minimum absolute atomic E-state index is 0.0618. The third-order valence-corrected chi connectivity index (χ3v) is 6.28. The van der Waals surface area contributed by atoms with Crippen LogP contribution in [0.1, 0.15) is 29.4 Å². The number of likely N-dealkylation sites (N-methyl/N-ethyl adjacent to an activating group) is 1. The van der Waals surface area contributed by atoms with Gasteiger partial charge in [-0.3, -0.25) is 14.4 Å². The first-order valence-electron chi connectivity index (χ1n) is 9.81. The molecule has 160 valence electrons. The maximum absolute atomic E-state index is 12.8. The van der Waals surface area contributed by atoms with Crippen LogP contribution in [-0.4, -0.2) is 65.9 Å². The van der Waals surface area contributed by atoms with Crippen molar-refractivity contribution < 1.29 is 19.1 Å². The smallest absolute Gasteiger partial charge is 0.310 e. The van der Waals surface area contributed by atoms with Crippen molar-refractivity contribution in [3.05, 3.63) is 40.4 Å². The highest BCUT2D eigenvalue weighted by Crippen LogP contribution is 2.31. The number of aromatic nitrogens is 1. The second-order valence-corrected chi connectivity index (χ2v) is 8.54. The molecule has 0 bridgehead atoms. The minimum atomic E-state index is -0.302. The highest BCUT2D eigenvalue weighted by atomic mass is 35.5. The van der Waals surface area contributed by atoms with Crippen molar-refractivity contribution in [3.63, 3.8) is 0 Å². The lowest BCUT2D eigenvalue weighted by Crippen LogP contribution is -2.47. The van der Waals surface area contributed by atoms with Crippen LogP contribution in [-0.2, 0) is 14.3 Å². The highest BCUT2D eigenvalue weighted by molar-refractivity contribution is 7.17. The van der Waals surface area contributed by atoms with Crippen molar-refractivity contribution in [3.8, 4) is 10.6 Å². The number of ether oxygens (including phenoxy) is 1. The molecular weight excluding hydrogens is 426 g/mol. The molecule has 1 aromatic carbocycles. The number of likely N-dealkylation sites (tertiary alicyclic amines) is 1. The summed E-state index contributed by atoms with van der Waals surface area (Å²) in [5, 5.41) is 1.22. The molecule has 1 aromatic heterocycles. The van der Waals surface area contributed by atoms with E-state index < -0.39 is 0 Å². The first-order chi connectivity index (χ1) is 14.4. The van der Waals surface area contributed by atoms with E-state index in [1.54, 1.807) is 24.9 Å². The number of thiazole rings is 1. The molecule has 0 radical (unpaired) electrons. The molecule has 0 N–H and O–H groups in total. The van der Waals surface area contributed by atoms with Gasteiger partial charge in [-0.25, -0.2) is 4.98 Å². The van der Waals surface area contributed by atoms with E-state index in [9.17, 15) is 14.4 Å². The lowest BCUT2D eigenvalue weighted by Gasteiger charge is -2.32. The van der Waals surface area contributed by atoms with Crippen LogP contribution in [0.5, 0.6) is 0 Å². The van der Waals surface area contributed by atoms with Crippen LogP contribution in [0.3, 0.4) is 0 Å². The topological polar surface area (TPSA) is 79.8 Å². The van der Waals surface area contributed by atoms with Crippen LogP contribution >= 0.6 is 22.9 Å². The van der Waals surface area contributed by atoms with Crippen molar-refractivity contribution in [1.29, 1.82) is 0 Å². The Morgan fingerprint density at radius 1 is 1.33 bits per heavy atom. The molecule has 1 fully saturated rings. The number of hydrogen-bond acceptors (Lipinski definition) is 6. The summed E-state index contributed by atoms with van der Waals surface area (Å²) >= 11 is 7.44. The summed E-state index contributed by atoms with van der Waals surface area (Å²) in [4.78, 5) is 45.2. The molecular formula is C21H24ClN3O4S. The molecule has 2 aromatic rings. The van der Waals surface area contributed by atoms with E-state index in [-0.39, 0.29) is 30.2 Å². The van der Waals surface area contributed by atoms with Crippen molar-refractivity contribution in [2.45, 2.75) is 19.8 Å². The lowest BCUT2D eigenvalue weighted by molar-refractivity contribution is -0.151. The van der Waals surface area contributed by atoms with Crippen LogP contribution in [0.15, 0.2) is 30.5 Å². The molecule has 0 aliphatic carbocycles. The van der Waals surface area contributed by atoms with Gasteiger partial charge in [0, 0.05) is 25.7 Å². The molecule has 9 heteroatoms.